The van der Waals surface area contributed by atoms with E-state index in [-0.39, 0.29) is 12.0 Å². The molecule has 1 amide bonds. The minimum atomic E-state index is 0.0107. The molecule has 0 heterocycles. The fraction of sp³-hybridized carbons (Fsp3) is 0.462. The molecular formula is C13H21N3O2. The van der Waals surface area contributed by atoms with Gasteiger partial charge in [0.2, 0.25) is 5.91 Å². The highest BCUT2D eigenvalue weighted by atomic mass is 16.5. The molecule has 0 aromatic heterocycles. The lowest BCUT2D eigenvalue weighted by Gasteiger charge is -2.14. The Hall–Kier alpha value is -1.91. The first-order valence-electron chi connectivity index (χ1n) is 6.03. The second-order valence-corrected chi connectivity index (χ2v) is 4.27. The Balaban J connectivity index is 2.58. The number of nitrogen functional groups attached to an aromatic ring is 1. The van der Waals surface area contributed by atoms with Gasteiger partial charge in [0.15, 0.2) is 0 Å². The lowest BCUT2D eigenvalue weighted by atomic mass is 10.2. The number of benzene rings is 1. The van der Waals surface area contributed by atoms with Gasteiger partial charge in [-0.1, -0.05) is 0 Å². The largest absolute Gasteiger partial charge is 0.489 e. The van der Waals surface area contributed by atoms with E-state index in [1.54, 1.807) is 13.1 Å². The van der Waals surface area contributed by atoms with Gasteiger partial charge in [-0.15, -0.1) is 0 Å². The topological polar surface area (TPSA) is 76.4 Å². The van der Waals surface area contributed by atoms with E-state index in [4.69, 9.17) is 10.5 Å². The number of amides is 1. The Labute approximate surface area is 108 Å². The quantitative estimate of drug-likeness (QED) is 0.671. The Morgan fingerprint density at radius 3 is 2.78 bits per heavy atom. The summed E-state index contributed by atoms with van der Waals surface area (Å²) < 4.78 is 5.59. The van der Waals surface area contributed by atoms with Crippen molar-refractivity contribution in [3.05, 3.63) is 18.2 Å². The second kappa shape index (κ2) is 6.74. The summed E-state index contributed by atoms with van der Waals surface area (Å²) in [6.45, 7) is 4.47. The first kappa shape index (κ1) is 14.2. The van der Waals surface area contributed by atoms with E-state index in [0.29, 0.717) is 24.4 Å². The third-order valence-corrected chi connectivity index (χ3v) is 2.34. The van der Waals surface area contributed by atoms with Crippen molar-refractivity contribution in [1.82, 2.24) is 5.32 Å². The van der Waals surface area contributed by atoms with E-state index < -0.39 is 0 Å². The van der Waals surface area contributed by atoms with Crippen LogP contribution in [-0.2, 0) is 4.79 Å². The van der Waals surface area contributed by atoms with Crippen molar-refractivity contribution in [2.45, 2.75) is 26.4 Å². The number of ether oxygens (including phenoxy) is 1. The molecule has 0 bridgehead atoms. The fourth-order valence-corrected chi connectivity index (χ4v) is 1.45. The van der Waals surface area contributed by atoms with Crippen molar-refractivity contribution >= 4 is 17.3 Å². The average Bonchev–Trinajstić information content (AvgIpc) is 2.32. The number of hydrogen-bond donors (Lipinski definition) is 3. The monoisotopic (exact) mass is 251 g/mol. The number of carbonyl (C=O) groups is 1. The van der Waals surface area contributed by atoms with Crippen molar-refractivity contribution in [2.75, 3.05) is 24.6 Å². The van der Waals surface area contributed by atoms with Crippen LogP contribution in [-0.4, -0.2) is 25.6 Å². The van der Waals surface area contributed by atoms with Gasteiger partial charge in [0.25, 0.3) is 0 Å². The number of rotatable bonds is 6. The van der Waals surface area contributed by atoms with E-state index in [1.807, 2.05) is 26.0 Å². The Bertz CT molecular complexity index is 405. The van der Waals surface area contributed by atoms with Crippen LogP contribution in [0.2, 0.25) is 0 Å². The summed E-state index contributed by atoms with van der Waals surface area (Å²) in [5, 5.41) is 5.73. The molecule has 100 valence electrons. The molecule has 0 radical (unpaired) electrons. The van der Waals surface area contributed by atoms with Crippen LogP contribution in [0.25, 0.3) is 0 Å². The first-order valence-corrected chi connectivity index (χ1v) is 6.03. The molecule has 1 aromatic carbocycles. The van der Waals surface area contributed by atoms with Crippen molar-refractivity contribution in [2.24, 2.45) is 0 Å². The van der Waals surface area contributed by atoms with E-state index >= 15 is 0 Å². The van der Waals surface area contributed by atoms with Gasteiger partial charge in [0, 0.05) is 31.8 Å². The van der Waals surface area contributed by atoms with Crippen LogP contribution in [0.1, 0.15) is 20.3 Å². The van der Waals surface area contributed by atoms with Gasteiger partial charge in [-0.3, -0.25) is 4.79 Å². The van der Waals surface area contributed by atoms with Gasteiger partial charge in [0.05, 0.1) is 11.8 Å². The molecule has 5 heteroatoms. The summed E-state index contributed by atoms with van der Waals surface area (Å²) >= 11 is 0. The van der Waals surface area contributed by atoms with Gasteiger partial charge >= 0.3 is 0 Å². The second-order valence-electron chi connectivity index (χ2n) is 4.27. The fourth-order valence-electron chi connectivity index (χ4n) is 1.45. The molecule has 1 aromatic rings. The van der Waals surface area contributed by atoms with Crippen molar-refractivity contribution in [3.63, 3.8) is 0 Å². The number of hydrogen-bond acceptors (Lipinski definition) is 4. The maximum absolute atomic E-state index is 11.1. The summed E-state index contributed by atoms with van der Waals surface area (Å²) in [5.74, 6) is 0.673. The molecular weight excluding hydrogens is 230 g/mol. The Kier molecular flexibility index (Phi) is 5.30. The van der Waals surface area contributed by atoms with E-state index in [9.17, 15) is 4.79 Å². The van der Waals surface area contributed by atoms with Gasteiger partial charge in [-0.25, -0.2) is 0 Å². The number of carbonyl (C=O) groups excluding carboxylic acids is 1. The third kappa shape index (κ3) is 4.53. The highest BCUT2D eigenvalue weighted by Gasteiger charge is 2.05. The molecule has 18 heavy (non-hydrogen) atoms. The van der Waals surface area contributed by atoms with Crippen molar-refractivity contribution in [3.8, 4) is 5.75 Å². The summed E-state index contributed by atoms with van der Waals surface area (Å²) in [6, 6.07) is 5.51. The van der Waals surface area contributed by atoms with Crippen molar-refractivity contribution < 1.29 is 9.53 Å². The van der Waals surface area contributed by atoms with E-state index in [2.05, 4.69) is 10.6 Å². The zero-order chi connectivity index (χ0) is 13.5. The zero-order valence-corrected chi connectivity index (χ0v) is 11.1. The number of anilines is 2. The van der Waals surface area contributed by atoms with Gasteiger partial charge < -0.3 is 21.1 Å². The van der Waals surface area contributed by atoms with Crippen LogP contribution in [0.5, 0.6) is 5.75 Å². The van der Waals surface area contributed by atoms with Crippen LogP contribution < -0.4 is 21.1 Å². The van der Waals surface area contributed by atoms with E-state index in [1.165, 1.54) is 0 Å². The lowest BCUT2D eigenvalue weighted by Crippen LogP contribution is -2.20. The molecule has 0 unspecified atom stereocenters. The third-order valence-electron chi connectivity index (χ3n) is 2.34. The first-order chi connectivity index (χ1) is 8.52. The predicted molar refractivity (Wildman–Crippen MR) is 73.8 cm³/mol. The van der Waals surface area contributed by atoms with Crippen LogP contribution in [0.15, 0.2) is 18.2 Å². The summed E-state index contributed by atoms with van der Waals surface area (Å²) in [5.41, 5.74) is 7.32. The molecule has 0 atom stereocenters. The molecule has 0 fully saturated rings. The highest BCUT2D eigenvalue weighted by Crippen LogP contribution is 2.26. The Morgan fingerprint density at radius 2 is 2.17 bits per heavy atom. The van der Waals surface area contributed by atoms with Crippen LogP contribution in [0.4, 0.5) is 11.4 Å². The van der Waals surface area contributed by atoms with E-state index in [0.717, 1.165) is 5.69 Å². The molecule has 0 aliphatic rings. The molecule has 1 rings (SSSR count). The normalized spacial score (nSPS) is 10.2. The van der Waals surface area contributed by atoms with Crippen molar-refractivity contribution in [1.29, 1.82) is 0 Å². The SMILES string of the molecule is CNC(=O)CCNc1ccc(N)c(OC(C)C)c1. The van der Waals surface area contributed by atoms with Crippen LogP contribution >= 0.6 is 0 Å². The maximum atomic E-state index is 11.1. The summed E-state index contributed by atoms with van der Waals surface area (Å²) in [6.07, 6.45) is 0.509. The molecule has 0 aliphatic heterocycles. The Morgan fingerprint density at radius 1 is 1.44 bits per heavy atom. The lowest BCUT2D eigenvalue weighted by molar-refractivity contribution is -0.120. The molecule has 0 saturated carbocycles. The minimum absolute atomic E-state index is 0.0107. The minimum Gasteiger partial charge on any atom is -0.489 e. The molecule has 4 N–H and O–H groups in total. The molecule has 0 saturated heterocycles. The zero-order valence-electron chi connectivity index (χ0n) is 11.1. The smallest absolute Gasteiger partial charge is 0.221 e. The maximum Gasteiger partial charge on any atom is 0.221 e. The average molecular weight is 251 g/mol. The van der Waals surface area contributed by atoms with Gasteiger partial charge in [0.1, 0.15) is 5.75 Å². The highest BCUT2D eigenvalue weighted by molar-refractivity contribution is 5.76. The van der Waals surface area contributed by atoms with Gasteiger partial charge in [-0.2, -0.15) is 0 Å². The van der Waals surface area contributed by atoms with Crippen LogP contribution in [0, 0.1) is 0 Å². The number of nitrogens with one attached hydrogen (secondary N) is 2. The number of nitrogens with two attached hydrogens (primary N) is 1. The molecule has 5 nitrogen and oxygen atoms in total. The van der Waals surface area contributed by atoms with Gasteiger partial charge in [-0.05, 0) is 26.0 Å². The standard InChI is InChI=1S/C13H21N3O2/c1-9(2)18-12-8-10(4-5-11(12)14)16-7-6-13(17)15-3/h4-5,8-9,16H,6-7,14H2,1-3H3,(H,15,17). The molecule has 0 aliphatic carbocycles. The summed E-state index contributed by atoms with van der Waals surface area (Å²) in [7, 11) is 1.63. The molecule has 0 spiro atoms. The predicted octanol–water partition coefficient (Wildman–Crippen LogP) is 1.60. The van der Waals surface area contributed by atoms with Crippen LogP contribution in [0.3, 0.4) is 0 Å². The summed E-state index contributed by atoms with van der Waals surface area (Å²) in [4.78, 5) is 11.1.